The van der Waals surface area contributed by atoms with E-state index in [2.05, 4.69) is 25.8 Å². The Morgan fingerprint density at radius 3 is 2.81 bits per heavy atom. The van der Waals surface area contributed by atoms with Gasteiger partial charge >= 0.3 is 0 Å². The molecule has 16 heavy (non-hydrogen) atoms. The molecule has 0 aliphatic carbocycles. The molecule has 94 valence electrons. The molecule has 1 amide bonds. The smallest absolute Gasteiger partial charge is 0.236 e. The molecule has 1 fully saturated rings. The second-order valence-corrected chi connectivity index (χ2v) is 5.09. The first kappa shape index (κ1) is 13.5. The van der Waals surface area contributed by atoms with Gasteiger partial charge in [0, 0.05) is 25.7 Å². The van der Waals surface area contributed by atoms with Crippen molar-refractivity contribution in [2.24, 2.45) is 11.7 Å². The van der Waals surface area contributed by atoms with Gasteiger partial charge in [-0.2, -0.15) is 0 Å². The Labute approximate surface area is 98.8 Å². The second-order valence-electron chi connectivity index (χ2n) is 5.09. The number of nitrogens with two attached hydrogens (primary N) is 1. The second kappa shape index (κ2) is 6.21. The number of rotatable bonds is 4. The summed E-state index contributed by atoms with van der Waals surface area (Å²) in [5, 5.41) is 0. The van der Waals surface area contributed by atoms with E-state index < -0.39 is 0 Å². The van der Waals surface area contributed by atoms with Gasteiger partial charge in [-0.25, -0.2) is 0 Å². The normalized spacial score (nSPS) is 21.9. The molecule has 4 heteroatoms. The number of hydrogen-bond donors (Lipinski definition) is 1. The van der Waals surface area contributed by atoms with Crippen LogP contribution in [0.15, 0.2) is 0 Å². The minimum absolute atomic E-state index is 0.0944. The summed E-state index contributed by atoms with van der Waals surface area (Å²) in [5.74, 6) is 0.702. The number of carbonyl (C=O) groups excluding carboxylic acids is 1. The van der Waals surface area contributed by atoms with Crippen LogP contribution in [0, 0.1) is 5.92 Å². The summed E-state index contributed by atoms with van der Waals surface area (Å²) in [5.41, 5.74) is 5.40. The summed E-state index contributed by atoms with van der Waals surface area (Å²) < 4.78 is 0. The molecular weight excluding hydrogens is 202 g/mol. The van der Waals surface area contributed by atoms with Gasteiger partial charge in [0.2, 0.25) is 5.91 Å². The minimum Gasteiger partial charge on any atom is -0.341 e. The molecule has 1 aliphatic rings. The molecule has 1 atom stereocenters. The predicted molar refractivity (Wildman–Crippen MR) is 66.1 cm³/mol. The molecule has 0 radical (unpaired) electrons. The molecule has 1 rings (SSSR count). The van der Waals surface area contributed by atoms with Crippen LogP contribution < -0.4 is 5.73 Å². The zero-order chi connectivity index (χ0) is 12.1. The van der Waals surface area contributed by atoms with Crippen molar-refractivity contribution in [1.29, 1.82) is 0 Å². The van der Waals surface area contributed by atoms with Crippen LogP contribution in [0.1, 0.15) is 26.7 Å². The lowest BCUT2D eigenvalue weighted by molar-refractivity contribution is -0.131. The maximum atomic E-state index is 11.5. The molecule has 2 N–H and O–H groups in total. The van der Waals surface area contributed by atoms with Gasteiger partial charge in [-0.05, 0) is 39.7 Å². The van der Waals surface area contributed by atoms with E-state index in [9.17, 15) is 4.79 Å². The van der Waals surface area contributed by atoms with Crippen molar-refractivity contribution in [1.82, 2.24) is 9.80 Å². The molecule has 4 nitrogen and oxygen atoms in total. The lowest BCUT2D eigenvalue weighted by Crippen LogP contribution is -2.46. The molecule has 0 bridgehead atoms. The van der Waals surface area contributed by atoms with Gasteiger partial charge in [0.15, 0.2) is 0 Å². The monoisotopic (exact) mass is 227 g/mol. The Morgan fingerprint density at radius 1 is 1.56 bits per heavy atom. The molecule has 0 aromatic rings. The van der Waals surface area contributed by atoms with E-state index in [1.165, 1.54) is 6.42 Å². The van der Waals surface area contributed by atoms with Crippen molar-refractivity contribution in [2.45, 2.75) is 32.7 Å². The number of amides is 1. The lowest BCUT2D eigenvalue weighted by atomic mass is 9.97. The van der Waals surface area contributed by atoms with E-state index in [4.69, 9.17) is 5.73 Å². The summed E-state index contributed by atoms with van der Waals surface area (Å²) in [4.78, 5) is 15.8. The topological polar surface area (TPSA) is 49.6 Å². The van der Waals surface area contributed by atoms with Crippen LogP contribution in [0.5, 0.6) is 0 Å². The third-order valence-electron chi connectivity index (χ3n) is 3.47. The highest BCUT2D eigenvalue weighted by atomic mass is 16.2. The third-order valence-corrected chi connectivity index (χ3v) is 3.47. The lowest BCUT2D eigenvalue weighted by Gasteiger charge is -2.35. The Morgan fingerprint density at radius 2 is 2.25 bits per heavy atom. The van der Waals surface area contributed by atoms with Gasteiger partial charge in [0.05, 0.1) is 6.54 Å². The SMILES string of the molecule is CC(C)N(C)C[C@H]1CCCN(C(=O)CN)C1. The maximum Gasteiger partial charge on any atom is 0.236 e. The fraction of sp³-hybridized carbons (Fsp3) is 0.917. The predicted octanol–water partition coefficient (Wildman–Crippen LogP) is 0.524. The summed E-state index contributed by atoms with van der Waals surface area (Å²) in [6.07, 6.45) is 2.34. The Balaban J connectivity index is 2.41. The first-order chi connectivity index (χ1) is 7.54. The molecule has 1 heterocycles. The van der Waals surface area contributed by atoms with Crippen LogP contribution in [0.2, 0.25) is 0 Å². The highest BCUT2D eigenvalue weighted by Gasteiger charge is 2.23. The Bertz CT molecular complexity index is 230. The van der Waals surface area contributed by atoms with Crippen molar-refractivity contribution in [3.8, 4) is 0 Å². The van der Waals surface area contributed by atoms with Crippen LogP contribution in [-0.4, -0.2) is 55.0 Å². The van der Waals surface area contributed by atoms with Gasteiger partial charge < -0.3 is 15.5 Å². The Kier molecular flexibility index (Phi) is 5.22. The molecule has 0 aromatic heterocycles. The van der Waals surface area contributed by atoms with Crippen molar-refractivity contribution in [3.63, 3.8) is 0 Å². The van der Waals surface area contributed by atoms with E-state index in [1.54, 1.807) is 0 Å². The molecule has 0 aromatic carbocycles. The zero-order valence-corrected chi connectivity index (χ0v) is 10.8. The quantitative estimate of drug-likeness (QED) is 0.762. The van der Waals surface area contributed by atoms with Crippen LogP contribution in [-0.2, 0) is 4.79 Å². The van der Waals surface area contributed by atoms with Crippen LogP contribution in [0.25, 0.3) is 0 Å². The maximum absolute atomic E-state index is 11.5. The number of piperidine rings is 1. The zero-order valence-electron chi connectivity index (χ0n) is 10.8. The van der Waals surface area contributed by atoms with E-state index in [1.807, 2.05) is 4.90 Å². The number of carbonyl (C=O) groups is 1. The molecular formula is C12H25N3O. The first-order valence-electron chi connectivity index (χ1n) is 6.22. The van der Waals surface area contributed by atoms with Crippen molar-refractivity contribution >= 4 is 5.91 Å². The molecule has 0 saturated carbocycles. The van der Waals surface area contributed by atoms with Gasteiger partial charge in [-0.15, -0.1) is 0 Å². The fourth-order valence-electron chi connectivity index (χ4n) is 2.19. The van der Waals surface area contributed by atoms with Crippen LogP contribution >= 0.6 is 0 Å². The van der Waals surface area contributed by atoms with Crippen molar-refractivity contribution < 1.29 is 4.79 Å². The van der Waals surface area contributed by atoms with Gasteiger partial charge in [-0.1, -0.05) is 0 Å². The van der Waals surface area contributed by atoms with E-state index in [0.29, 0.717) is 12.0 Å². The number of likely N-dealkylation sites (tertiary alicyclic amines) is 1. The van der Waals surface area contributed by atoms with Gasteiger partial charge in [0.25, 0.3) is 0 Å². The highest BCUT2D eigenvalue weighted by molar-refractivity contribution is 5.78. The molecule has 1 saturated heterocycles. The molecule has 1 aliphatic heterocycles. The van der Waals surface area contributed by atoms with Crippen LogP contribution in [0.3, 0.4) is 0 Å². The number of hydrogen-bond acceptors (Lipinski definition) is 3. The molecule has 0 unspecified atom stereocenters. The standard InChI is InChI=1S/C12H25N3O/c1-10(2)14(3)8-11-5-4-6-15(9-11)12(16)7-13/h10-11H,4-9,13H2,1-3H3/t11-/m1/s1. The molecule has 0 spiro atoms. The fourth-order valence-corrected chi connectivity index (χ4v) is 2.19. The Hall–Kier alpha value is -0.610. The average Bonchev–Trinajstić information content (AvgIpc) is 2.28. The summed E-state index contributed by atoms with van der Waals surface area (Å²) in [6, 6.07) is 0.570. The summed E-state index contributed by atoms with van der Waals surface area (Å²) in [7, 11) is 2.15. The minimum atomic E-state index is 0.0944. The van der Waals surface area contributed by atoms with Crippen LogP contribution in [0.4, 0.5) is 0 Å². The number of nitrogens with zero attached hydrogens (tertiary/aromatic N) is 2. The average molecular weight is 227 g/mol. The summed E-state index contributed by atoms with van der Waals surface area (Å²) in [6.45, 7) is 7.39. The summed E-state index contributed by atoms with van der Waals surface area (Å²) >= 11 is 0. The third kappa shape index (κ3) is 3.76. The first-order valence-corrected chi connectivity index (χ1v) is 6.22. The van der Waals surface area contributed by atoms with E-state index in [0.717, 1.165) is 26.1 Å². The largest absolute Gasteiger partial charge is 0.341 e. The van der Waals surface area contributed by atoms with Crippen molar-refractivity contribution in [3.05, 3.63) is 0 Å². The van der Waals surface area contributed by atoms with Crippen molar-refractivity contribution in [2.75, 3.05) is 33.2 Å². The van der Waals surface area contributed by atoms with E-state index >= 15 is 0 Å². The van der Waals surface area contributed by atoms with Gasteiger partial charge in [-0.3, -0.25) is 4.79 Å². The van der Waals surface area contributed by atoms with E-state index in [-0.39, 0.29) is 12.5 Å². The highest BCUT2D eigenvalue weighted by Crippen LogP contribution is 2.17. The van der Waals surface area contributed by atoms with Gasteiger partial charge in [0.1, 0.15) is 0 Å².